The van der Waals surface area contributed by atoms with E-state index in [4.69, 9.17) is 9.15 Å². The predicted molar refractivity (Wildman–Crippen MR) is 118 cm³/mol. The molecule has 1 saturated heterocycles. The van der Waals surface area contributed by atoms with Gasteiger partial charge >= 0.3 is 6.18 Å². The van der Waals surface area contributed by atoms with Crippen LogP contribution >= 0.6 is 0 Å². The standard InChI is InChI=1S/C24H24F3N3O3/c1-16-2-4-17(5-3-16)21-15-28-23(33-21)9-8-22(31)29-19-14-18(24(25,26)27)6-7-20(19)30-10-12-32-13-11-30/h2-7,14-15H,8-13H2,1H3,(H,29,31). The molecule has 3 aromatic rings. The molecule has 6 nitrogen and oxygen atoms in total. The molecule has 0 radical (unpaired) electrons. The Morgan fingerprint density at radius 3 is 2.55 bits per heavy atom. The van der Waals surface area contributed by atoms with Gasteiger partial charge in [-0.15, -0.1) is 0 Å². The van der Waals surface area contributed by atoms with Gasteiger partial charge in [0.05, 0.1) is 36.3 Å². The van der Waals surface area contributed by atoms with E-state index >= 15 is 0 Å². The molecule has 4 rings (SSSR count). The maximum absolute atomic E-state index is 13.2. The van der Waals surface area contributed by atoms with Crippen LogP contribution in [-0.4, -0.2) is 37.2 Å². The Labute approximate surface area is 189 Å². The van der Waals surface area contributed by atoms with Gasteiger partial charge < -0.3 is 19.4 Å². The monoisotopic (exact) mass is 459 g/mol. The van der Waals surface area contributed by atoms with E-state index in [0.29, 0.717) is 43.6 Å². The molecule has 1 fully saturated rings. The van der Waals surface area contributed by atoms with Gasteiger partial charge in [-0.1, -0.05) is 29.8 Å². The lowest BCUT2D eigenvalue weighted by Gasteiger charge is -2.31. The quantitative estimate of drug-likeness (QED) is 0.557. The Bertz CT molecular complexity index is 1100. The van der Waals surface area contributed by atoms with Crippen LogP contribution in [0.4, 0.5) is 24.5 Å². The molecule has 0 spiro atoms. The van der Waals surface area contributed by atoms with Crippen molar-refractivity contribution < 1.29 is 27.1 Å². The number of carbonyl (C=O) groups is 1. The highest BCUT2D eigenvalue weighted by Gasteiger charge is 2.32. The molecular weight excluding hydrogens is 435 g/mol. The number of aromatic nitrogens is 1. The van der Waals surface area contributed by atoms with Gasteiger partial charge in [0.15, 0.2) is 11.7 Å². The number of aryl methyl sites for hydroxylation is 2. The van der Waals surface area contributed by atoms with Crippen molar-refractivity contribution in [2.45, 2.75) is 25.9 Å². The maximum atomic E-state index is 13.2. The van der Waals surface area contributed by atoms with E-state index in [9.17, 15) is 18.0 Å². The Morgan fingerprint density at radius 1 is 1.12 bits per heavy atom. The van der Waals surface area contributed by atoms with Crippen molar-refractivity contribution in [2.75, 3.05) is 36.5 Å². The molecular formula is C24H24F3N3O3. The second kappa shape index (κ2) is 9.66. The summed E-state index contributed by atoms with van der Waals surface area (Å²) >= 11 is 0. The minimum absolute atomic E-state index is 0.0205. The first-order valence-corrected chi connectivity index (χ1v) is 10.6. The van der Waals surface area contributed by atoms with Gasteiger partial charge in [-0.25, -0.2) is 4.98 Å². The molecule has 1 amide bonds. The first-order valence-electron chi connectivity index (χ1n) is 10.6. The summed E-state index contributed by atoms with van der Waals surface area (Å²) in [6, 6.07) is 11.2. The number of rotatable bonds is 6. The summed E-state index contributed by atoms with van der Waals surface area (Å²) in [6.45, 7) is 4.01. The zero-order valence-corrected chi connectivity index (χ0v) is 18.1. The molecule has 1 aromatic heterocycles. The number of ether oxygens (including phenoxy) is 1. The van der Waals surface area contributed by atoms with Crippen LogP contribution in [0.15, 0.2) is 53.1 Å². The molecule has 0 unspecified atom stereocenters. The van der Waals surface area contributed by atoms with E-state index in [-0.39, 0.29) is 18.5 Å². The number of carbonyl (C=O) groups excluding carboxylic acids is 1. The van der Waals surface area contributed by atoms with Gasteiger partial charge in [0, 0.05) is 31.5 Å². The van der Waals surface area contributed by atoms with Crippen LogP contribution in [-0.2, 0) is 22.1 Å². The van der Waals surface area contributed by atoms with Gasteiger partial charge in [-0.05, 0) is 25.1 Å². The number of oxazole rings is 1. The average molecular weight is 459 g/mol. The Kier molecular flexibility index (Phi) is 6.69. The van der Waals surface area contributed by atoms with Crippen LogP contribution < -0.4 is 10.2 Å². The third-order valence-electron chi connectivity index (χ3n) is 5.41. The van der Waals surface area contributed by atoms with Crippen LogP contribution in [0, 0.1) is 6.92 Å². The highest BCUT2D eigenvalue weighted by molar-refractivity contribution is 5.94. The third-order valence-corrected chi connectivity index (χ3v) is 5.41. The van der Waals surface area contributed by atoms with Crippen LogP contribution in [0.25, 0.3) is 11.3 Å². The molecule has 2 aromatic carbocycles. The fourth-order valence-corrected chi connectivity index (χ4v) is 3.60. The van der Waals surface area contributed by atoms with E-state index in [1.807, 2.05) is 36.1 Å². The summed E-state index contributed by atoms with van der Waals surface area (Å²) in [6.07, 6.45) is -2.66. The number of morpholine rings is 1. The summed E-state index contributed by atoms with van der Waals surface area (Å²) in [5.74, 6) is 0.565. The van der Waals surface area contributed by atoms with Crippen LogP contribution in [0.5, 0.6) is 0 Å². The lowest BCUT2D eigenvalue weighted by atomic mass is 10.1. The van der Waals surface area contributed by atoms with Crippen molar-refractivity contribution in [1.82, 2.24) is 4.98 Å². The summed E-state index contributed by atoms with van der Waals surface area (Å²) < 4.78 is 50.8. The van der Waals surface area contributed by atoms with Crippen LogP contribution in [0.2, 0.25) is 0 Å². The van der Waals surface area contributed by atoms with Gasteiger partial charge in [0.2, 0.25) is 5.91 Å². The van der Waals surface area contributed by atoms with E-state index in [2.05, 4.69) is 10.3 Å². The molecule has 1 aliphatic heterocycles. The number of anilines is 2. The smallest absolute Gasteiger partial charge is 0.416 e. The maximum Gasteiger partial charge on any atom is 0.416 e. The Hall–Kier alpha value is -3.33. The van der Waals surface area contributed by atoms with E-state index in [1.165, 1.54) is 6.07 Å². The van der Waals surface area contributed by atoms with Crippen molar-refractivity contribution in [3.63, 3.8) is 0 Å². The zero-order valence-electron chi connectivity index (χ0n) is 18.1. The van der Waals surface area contributed by atoms with Gasteiger partial charge in [0.1, 0.15) is 0 Å². The topological polar surface area (TPSA) is 67.6 Å². The average Bonchev–Trinajstić information content (AvgIpc) is 3.27. The number of nitrogens with one attached hydrogen (secondary N) is 1. The number of halogens is 3. The number of hydrogen-bond donors (Lipinski definition) is 1. The normalized spacial score (nSPS) is 14.4. The second-order valence-corrected chi connectivity index (χ2v) is 7.86. The Morgan fingerprint density at radius 2 is 1.85 bits per heavy atom. The molecule has 1 aliphatic rings. The van der Waals surface area contributed by atoms with Crippen LogP contribution in [0.1, 0.15) is 23.4 Å². The molecule has 0 saturated carbocycles. The number of amides is 1. The highest BCUT2D eigenvalue weighted by atomic mass is 19.4. The largest absolute Gasteiger partial charge is 0.441 e. The van der Waals surface area contributed by atoms with Crippen molar-refractivity contribution in [3.05, 3.63) is 65.7 Å². The summed E-state index contributed by atoms with van der Waals surface area (Å²) in [5, 5.41) is 2.64. The molecule has 0 aliphatic carbocycles. The van der Waals surface area contributed by atoms with E-state index < -0.39 is 17.6 Å². The van der Waals surface area contributed by atoms with Crippen molar-refractivity contribution >= 4 is 17.3 Å². The molecule has 0 bridgehead atoms. The number of hydrogen-bond acceptors (Lipinski definition) is 5. The fourth-order valence-electron chi connectivity index (χ4n) is 3.60. The predicted octanol–water partition coefficient (Wildman–Crippen LogP) is 5.08. The lowest BCUT2D eigenvalue weighted by molar-refractivity contribution is -0.137. The minimum Gasteiger partial charge on any atom is -0.441 e. The van der Waals surface area contributed by atoms with E-state index in [0.717, 1.165) is 23.3 Å². The molecule has 33 heavy (non-hydrogen) atoms. The fraction of sp³-hybridized carbons (Fsp3) is 0.333. The first kappa shape index (κ1) is 22.8. The third kappa shape index (κ3) is 5.73. The van der Waals surface area contributed by atoms with Gasteiger partial charge in [-0.2, -0.15) is 13.2 Å². The summed E-state index contributed by atoms with van der Waals surface area (Å²) in [5.41, 5.74) is 1.86. The number of benzene rings is 2. The van der Waals surface area contributed by atoms with Crippen LogP contribution in [0.3, 0.4) is 0 Å². The number of alkyl halides is 3. The molecule has 2 heterocycles. The van der Waals surface area contributed by atoms with Gasteiger partial charge in [-0.3, -0.25) is 4.79 Å². The second-order valence-electron chi connectivity index (χ2n) is 7.86. The number of nitrogens with zero attached hydrogens (tertiary/aromatic N) is 2. The molecule has 9 heteroatoms. The first-order chi connectivity index (χ1) is 15.8. The van der Waals surface area contributed by atoms with Crippen molar-refractivity contribution in [1.29, 1.82) is 0 Å². The zero-order chi connectivity index (χ0) is 23.4. The highest BCUT2D eigenvalue weighted by Crippen LogP contribution is 2.36. The summed E-state index contributed by atoms with van der Waals surface area (Å²) in [7, 11) is 0. The molecule has 1 N–H and O–H groups in total. The lowest BCUT2D eigenvalue weighted by Crippen LogP contribution is -2.36. The minimum atomic E-state index is -4.51. The van der Waals surface area contributed by atoms with E-state index in [1.54, 1.807) is 6.20 Å². The Balaban J connectivity index is 1.44. The summed E-state index contributed by atoms with van der Waals surface area (Å²) in [4.78, 5) is 18.7. The molecule has 174 valence electrons. The van der Waals surface area contributed by atoms with Crippen molar-refractivity contribution in [3.8, 4) is 11.3 Å². The van der Waals surface area contributed by atoms with Gasteiger partial charge in [0.25, 0.3) is 0 Å². The SMILES string of the molecule is Cc1ccc(-c2cnc(CCC(=O)Nc3cc(C(F)(F)F)ccc3N3CCOCC3)o2)cc1. The van der Waals surface area contributed by atoms with Crippen molar-refractivity contribution in [2.24, 2.45) is 0 Å². The molecule has 0 atom stereocenters.